The average molecular weight is 374 g/mol. The summed E-state index contributed by atoms with van der Waals surface area (Å²) in [6, 6.07) is 8.73. The zero-order valence-electron chi connectivity index (χ0n) is 13.3. The highest BCUT2D eigenvalue weighted by Crippen LogP contribution is 2.27. The lowest BCUT2D eigenvalue weighted by molar-refractivity contribution is -0.141. The number of thiophene rings is 1. The number of hydrogen-bond donors (Lipinski definition) is 0. The lowest BCUT2D eigenvalue weighted by Crippen LogP contribution is -2.08. The average Bonchev–Trinajstić information content (AvgIpc) is 3.13. The van der Waals surface area contributed by atoms with Crippen molar-refractivity contribution in [3.8, 4) is 0 Å². The van der Waals surface area contributed by atoms with Gasteiger partial charge in [0.25, 0.3) is 0 Å². The van der Waals surface area contributed by atoms with Crippen LogP contribution in [0.5, 0.6) is 0 Å². The lowest BCUT2D eigenvalue weighted by atomic mass is 10.1. The van der Waals surface area contributed by atoms with Gasteiger partial charge >= 0.3 is 11.9 Å². The molecule has 2 aromatic heterocycles. The van der Waals surface area contributed by atoms with Crippen LogP contribution in [0, 0.1) is 0 Å². The molecule has 0 aliphatic carbocycles. The molecule has 0 spiro atoms. The van der Waals surface area contributed by atoms with Gasteiger partial charge in [0, 0.05) is 5.39 Å². The Bertz CT molecular complexity index is 910. The maximum atomic E-state index is 12.0. The number of carbonyl (C=O) groups is 2. The SMILES string of the molecule is COC(=O)c1cccc(COC(=O)CSc2ncnc3sccc23)c1. The van der Waals surface area contributed by atoms with Gasteiger partial charge in [-0.05, 0) is 29.1 Å². The molecule has 0 saturated heterocycles. The first-order valence-corrected chi connectivity index (χ1v) is 9.18. The maximum absolute atomic E-state index is 12.0. The van der Waals surface area contributed by atoms with Crippen molar-refractivity contribution in [2.45, 2.75) is 11.6 Å². The monoisotopic (exact) mass is 374 g/mol. The van der Waals surface area contributed by atoms with Crippen molar-refractivity contribution in [2.24, 2.45) is 0 Å². The van der Waals surface area contributed by atoms with Gasteiger partial charge in [0.05, 0.1) is 18.4 Å². The van der Waals surface area contributed by atoms with Gasteiger partial charge in [0.1, 0.15) is 22.8 Å². The molecule has 0 radical (unpaired) electrons. The predicted octanol–water partition coefficient (Wildman–Crippen LogP) is 3.31. The number of nitrogens with zero attached hydrogens (tertiary/aromatic N) is 2. The molecule has 128 valence electrons. The van der Waals surface area contributed by atoms with Crippen molar-refractivity contribution in [2.75, 3.05) is 12.9 Å². The van der Waals surface area contributed by atoms with E-state index in [1.807, 2.05) is 11.4 Å². The van der Waals surface area contributed by atoms with Crippen molar-refractivity contribution in [3.05, 3.63) is 53.2 Å². The van der Waals surface area contributed by atoms with Gasteiger partial charge in [-0.3, -0.25) is 4.79 Å². The van der Waals surface area contributed by atoms with Crippen molar-refractivity contribution >= 4 is 45.3 Å². The fourth-order valence-electron chi connectivity index (χ4n) is 2.12. The van der Waals surface area contributed by atoms with Crippen LogP contribution in [0.4, 0.5) is 0 Å². The topological polar surface area (TPSA) is 78.4 Å². The van der Waals surface area contributed by atoms with E-state index < -0.39 is 5.97 Å². The van der Waals surface area contributed by atoms with Gasteiger partial charge in [-0.1, -0.05) is 23.9 Å². The number of benzene rings is 1. The van der Waals surface area contributed by atoms with Gasteiger partial charge in [-0.25, -0.2) is 14.8 Å². The standard InChI is InChI=1S/C17H14N2O4S2/c1-22-17(21)12-4-2-3-11(7-12)8-23-14(20)9-25-16-13-5-6-24-15(13)18-10-19-16/h2-7,10H,8-9H2,1H3. The zero-order chi connectivity index (χ0) is 17.6. The molecule has 1 aromatic carbocycles. The summed E-state index contributed by atoms with van der Waals surface area (Å²) in [6.45, 7) is 0.0991. The number of thioether (sulfide) groups is 1. The minimum Gasteiger partial charge on any atom is -0.465 e. The Morgan fingerprint density at radius 3 is 2.96 bits per heavy atom. The summed E-state index contributed by atoms with van der Waals surface area (Å²) >= 11 is 2.85. The maximum Gasteiger partial charge on any atom is 0.337 e. The van der Waals surface area contributed by atoms with E-state index in [2.05, 4.69) is 14.7 Å². The van der Waals surface area contributed by atoms with E-state index in [0.29, 0.717) is 5.56 Å². The molecule has 0 fully saturated rings. The summed E-state index contributed by atoms with van der Waals surface area (Å²) in [4.78, 5) is 32.7. The minimum atomic E-state index is -0.424. The predicted molar refractivity (Wildman–Crippen MR) is 95.7 cm³/mol. The van der Waals surface area contributed by atoms with Crippen LogP contribution in [-0.2, 0) is 20.9 Å². The molecule has 3 aromatic rings. The van der Waals surface area contributed by atoms with Crippen LogP contribution in [0.25, 0.3) is 10.2 Å². The molecule has 0 aliphatic heterocycles. The Kier molecular flexibility index (Phi) is 5.62. The largest absolute Gasteiger partial charge is 0.465 e. The number of methoxy groups -OCH3 is 1. The molecule has 0 bridgehead atoms. The Balaban J connectivity index is 1.55. The number of rotatable bonds is 6. The summed E-state index contributed by atoms with van der Waals surface area (Å²) in [6.07, 6.45) is 1.49. The molecule has 0 aliphatic rings. The summed E-state index contributed by atoms with van der Waals surface area (Å²) in [5.41, 5.74) is 1.15. The third-order valence-electron chi connectivity index (χ3n) is 3.30. The van der Waals surface area contributed by atoms with E-state index in [4.69, 9.17) is 4.74 Å². The highest BCUT2D eigenvalue weighted by Gasteiger charge is 2.11. The number of ether oxygens (including phenoxy) is 2. The van der Waals surface area contributed by atoms with Gasteiger partial charge in [-0.2, -0.15) is 0 Å². The highest BCUT2D eigenvalue weighted by atomic mass is 32.2. The first-order valence-electron chi connectivity index (χ1n) is 7.31. The number of carbonyl (C=O) groups excluding carboxylic acids is 2. The van der Waals surface area contributed by atoms with Crippen molar-refractivity contribution in [1.82, 2.24) is 9.97 Å². The van der Waals surface area contributed by atoms with E-state index in [1.165, 1.54) is 36.5 Å². The number of esters is 2. The number of aromatic nitrogens is 2. The second kappa shape index (κ2) is 8.09. The van der Waals surface area contributed by atoms with Crippen molar-refractivity contribution in [1.29, 1.82) is 0 Å². The molecule has 25 heavy (non-hydrogen) atoms. The fraction of sp³-hybridized carbons (Fsp3) is 0.176. The van der Waals surface area contributed by atoms with Crippen LogP contribution in [0.1, 0.15) is 15.9 Å². The molecule has 0 unspecified atom stereocenters. The molecular formula is C17H14N2O4S2. The van der Waals surface area contributed by atoms with Gasteiger partial charge in [-0.15, -0.1) is 11.3 Å². The zero-order valence-corrected chi connectivity index (χ0v) is 14.9. The third-order valence-corrected chi connectivity index (χ3v) is 5.10. The van der Waals surface area contributed by atoms with Crippen LogP contribution in [-0.4, -0.2) is 34.8 Å². The molecular weight excluding hydrogens is 360 g/mol. The molecule has 0 amide bonds. The van der Waals surface area contributed by atoms with Crippen molar-refractivity contribution < 1.29 is 19.1 Å². The van der Waals surface area contributed by atoms with Crippen LogP contribution in [0.15, 0.2) is 47.1 Å². The van der Waals surface area contributed by atoms with Crippen molar-refractivity contribution in [3.63, 3.8) is 0 Å². The third kappa shape index (κ3) is 4.34. The molecule has 0 saturated carbocycles. The van der Waals surface area contributed by atoms with Crippen LogP contribution < -0.4 is 0 Å². The quantitative estimate of drug-likeness (QED) is 0.372. The van der Waals surface area contributed by atoms with E-state index in [9.17, 15) is 9.59 Å². The summed E-state index contributed by atoms with van der Waals surface area (Å²) in [5, 5.41) is 3.64. The van der Waals surface area contributed by atoms with E-state index in [0.717, 1.165) is 20.8 Å². The Hall–Kier alpha value is -2.45. The highest BCUT2D eigenvalue weighted by molar-refractivity contribution is 8.00. The van der Waals surface area contributed by atoms with Gasteiger partial charge in [0.2, 0.25) is 0 Å². The number of hydrogen-bond acceptors (Lipinski definition) is 8. The Morgan fingerprint density at radius 1 is 1.24 bits per heavy atom. The Morgan fingerprint density at radius 2 is 2.12 bits per heavy atom. The van der Waals surface area contributed by atoms with E-state index in [-0.39, 0.29) is 18.3 Å². The molecule has 2 heterocycles. The minimum absolute atomic E-state index is 0.0991. The van der Waals surface area contributed by atoms with Gasteiger partial charge < -0.3 is 9.47 Å². The lowest BCUT2D eigenvalue weighted by Gasteiger charge is -2.06. The van der Waals surface area contributed by atoms with E-state index in [1.54, 1.807) is 24.3 Å². The van der Waals surface area contributed by atoms with E-state index >= 15 is 0 Å². The van der Waals surface area contributed by atoms with Crippen LogP contribution in [0.2, 0.25) is 0 Å². The second-order valence-electron chi connectivity index (χ2n) is 4.96. The first kappa shape index (κ1) is 17.4. The fourth-order valence-corrected chi connectivity index (χ4v) is 3.70. The Labute approximate surface area is 152 Å². The summed E-state index contributed by atoms with van der Waals surface area (Å²) in [5.74, 6) is -0.624. The van der Waals surface area contributed by atoms with Gasteiger partial charge in [0.15, 0.2) is 0 Å². The normalized spacial score (nSPS) is 10.6. The number of fused-ring (bicyclic) bond motifs is 1. The molecule has 6 nitrogen and oxygen atoms in total. The second-order valence-corrected chi connectivity index (χ2v) is 6.82. The molecule has 0 N–H and O–H groups in total. The summed E-state index contributed by atoms with van der Waals surface area (Å²) < 4.78 is 9.93. The summed E-state index contributed by atoms with van der Waals surface area (Å²) in [7, 11) is 1.32. The van der Waals surface area contributed by atoms with Crippen LogP contribution in [0.3, 0.4) is 0 Å². The smallest absolute Gasteiger partial charge is 0.337 e. The molecule has 3 rings (SSSR count). The molecule has 0 atom stereocenters. The first-order chi connectivity index (χ1) is 12.2. The van der Waals surface area contributed by atoms with Crippen LogP contribution >= 0.6 is 23.1 Å². The molecule has 8 heteroatoms.